The highest BCUT2D eigenvalue weighted by Crippen LogP contribution is 2.24. The molecule has 0 saturated carbocycles. The minimum absolute atomic E-state index is 0.102. The molecule has 3 rings (SSSR count). The number of imidazole rings is 1. The molecule has 0 spiro atoms. The van der Waals surface area contributed by atoms with E-state index in [4.69, 9.17) is 14.8 Å². The number of anilines is 1. The maximum Gasteiger partial charge on any atom is 0.206 e. The summed E-state index contributed by atoms with van der Waals surface area (Å²) < 4.78 is 7.76. The van der Waals surface area contributed by atoms with Crippen LogP contribution in [0.1, 0.15) is 12.8 Å². The Hall–Kier alpha value is -1.59. The monoisotopic (exact) mass is 275 g/mol. The van der Waals surface area contributed by atoms with E-state index >= 15 is 0 Å². The number of nitrogens with zero attached hydrogens (tertiary/aromatic N) is 3. The van der Waals surface area contributed by atoms with Crippen LogP contribution in [0.3, 0.4) is 0 Å². The number of aliphatic hydroxyl groups is 1. The molecule has 2 aromatic rings. The van der Waals surface area contributed by atoms with Crippen molar-refractivity contribution in [3.63, 3.8) is 0 Å². The summed E-state index contributed by atoms with van der Waals surface area (Å²) >= 11 is 0. The van der Waals surface area contributed by atoms with E-state index in [0.717, 1.165) is 37.4 Å². The lowest BCUT2D eigenvalue weighted by atomic mass is 10.1. The molecule has 1 saturated heterocycles. The Morgan fingerprint density at radius 1 is 1.30 bits per heavy atom. The van der Waals surface area contributed by atoms with Crippen LogP contribution in [-0.2, 0) is 11.8 Å². The van der Waals surface area contributed by atoms with Crippen molar-refractivity contribution < 1.29 is 9.84 Å². The minimum Gasteiger partial charge on any atom is -0.394 e. The van der Waals surface area contributed by atoms with Gasteiger partial charge in [-0.15, -0.1) is 0 Å². The lowest BCUT2D eigenvalue weighted by molar-refractivity contribution is 0.0157. The number of aryl methyl sites for hydroxylation is 1. The second-order valence-corrected chi connectivity index (χ2v) is 5.24. The number of fused-ring (bicyclic) bond motifs is 1. The van der Waals surface area contributed by atoms with Gasteiger partial charge in [-0.2, -0.15) is 0 Å². The average Bonchev–Trinajstić information content (AvgIpc) is 2.83. The van der Waals surface area contributed by atoms with Crippen LogP contribution in [0.25, 0.3) is 11.0 Å². The maximum atomic E-state index is 8.80. The first-order chi connectivity index (χ1) is 9.79. The van der Waals surface area contributed by atoms with E-state index in [2.05, 4.69) is 28.6 Å². The highest BCUT2D eigenvalue weighted by atomic mass is 16.5. The van der Waals surface area contributed by atoms with E-state index in [0.29, 0.717) is 6.61 Å². The number of piperidine rings is 1. The lowest BCUT2D eigenvalue weighted by Crippen LogP contribution is -2.38. The fraction of sp³-hybridized carbons (Fsp3) is 0.533. The topological polar surface area (TPSA) is 50.5 Å². The quantitative estimate of drug-likeness (QED) is 0.920. The summed E-state index contributed by atoms with van der Waals surface area (Å²) in [6, 6.07) is 8.22. The van der Waals surface area contributed by atoms with E-state index in [1.807, 2.05) is 12.1 Å². The summed E-state index contributed by atoms with van der Waals surface area (Å²) in [6.45, 7) is 2.45. The maximum absolute atomic E-state index is 8.80. The molecule has 1 aromatic heterocycles. The molecule has 5 heteroatoms. The number of hydrogen-bond acceptors (Lipinski definition) is 4. The molecular weight excluding hydrogens is 254 g/mol. The van der Waals surface area contributed by atoms with Gasteiger partial charge in [0.05, 0.1) is 30.4 Å². The Morgan fingerprint density at radius 2 is 2.05 bits per heavy atom. The van der Waals surface area contributed by atoms with Gasteiger partial charge >= 0.3 is 0 Å². The van der Waals surface area contributed by atoms with E-state index in [1.54, 1.807) is 0 Å². The number of para-hydroxylation sites is 2. The first kappa shape index (κ1) is 13.4. The fourth-order valence-electron chi connectivity index (χ4n) is 2.86. The smallest absolute Gasteiger partial charge is 0.206 e. The molecule has 5 nitrogen and oxygen atoms in total. The second-order valence-electron chi connectivity index (χ2n) is 5.24. The van der Waals surface area contributed by atoms with Gasteiger partial charge < -0.3 is 19.3 Å². The molecule has 20 heavy (non-hydrogen) atoms. The molecule has 0 bridgehead atoms. The van der Waals surface area contributed by atoms with Gasteiger partial charge in [0.25, 0.3) is 0 Å². The van der Waals surface area contributed by atoms with Crippen LogP contribution in [0.5, 0.6) is 0 Å². The van der Waals surface area contributed by atoms with Crippen LogP contribution < -0.4 is 4.90 Å². The normalized spacial score (nSPS) is 17.0. The number of aliphatic hydroxyl groups excluding tert-OH is 1. The molecule has 1 aromatic carbocycles. The summed E-state index contributed by atoms with van der Waals surface area (Å²) in [7, 11) is 2.07. The van der Waals surface area contributed by atoms with Gasteiger partial charge in [-0.05, 0) is 25.0 Å². The van der Waals surface area contributed by atoms with Crippen LogP contribution >= 0.6 is 0 Å². The summed E-state index contributed by atoms with van der Waals surface area (Å²) in [6.07, 6.45) is 2.25. The van der Waals surface area contributed by atoms with Crippen LogP contribution in [0.15, 0.2) is 24.3 Å². The van der Waals surface area contributed by atoms with Crippen molar-refractivity contribution in [1.29, 1.82) is 0 Å². The molecule has 1 aliphatic heterocycles. The highest BCUT2D eigenvalue weighted by Gasteiger charge is 2.22. The molecule has 1 N–H and O–H groups in total. The van der Waals surface area contributed by atoms with Crippen molar-refractivity contribution in [2.24, 2.45) is 7.05 Å². The van der Waals surface area contributed by atoms with E-state index in [-0.39, 0.29) is 12.7 Å². The molecule has 108 valence electrons. The molecule has 0 aliphatic carbocycles. The zero-order valence-corrected chi connectivity index (χ0v) is 11.8. The third-order valence-electron chi connectivity index (χ3n) is 3.93. The summed E-state index contributed by atoms with van der Waals surface area (Å²) in [4.78, 5) is 7.05. The van der Waals surface area contributed by atoms with Crippen molar-refractivity contribution in [3.05, 3.63) is 24.3 Å². The molecular formula is C15H21N3O2. The predicted octanol–water partition coefficient (Wildman–Crippen LogP) is 1.55. The predicted molar refractivity (Wildman–Crippen MR) is 79.0 cm³/mol. The van der Waals surface area contributed by atoms with Crippen molar-refractivity contribution >= 4 is 17.0 Å². The summed E-state index contributed by atoms with van der Waals surface area (Å²) in [5, 5.41) is 8.80. The van der Waals surface area contributed by atoms with Gasteiger partial charge in [0.2, 0.25) is 5.95 Å². The standard InChI is InChI=1S/C15H21N3O2/c1-17-14-5-3-2-4-13(14)16-15(17)18-8-6-12(7-9-18)20-11-10-19/h2-5,12,19H,6-11H2,1H3. The van der Waals surface area contributed by atoms with Crippen molar-refractivity contribution in [3.8, 4) is 0 Å². The number of aromatic nitrogens is 2. The lowest BCUT2D eigenvalue weighted by Gasteiger charge is -2.32. The fourth-order valence-corrected chi connectivity index (χ4v) is 2.86. The molecule has 0 unspecified atom stereocenters. The second kappa shape index (κ2) is 5.81. The molecule has 0 atom stereocenters. The zero-order chi connectivity index (χ0) is 13.9. The Labute approximate surface area is 118 Å². The minimum atomic E-state index is 0.102. The molecule has 1 aliphatic rings. The molecule has 0 amide bonds. The van der Waals surface area contributed by atoms with Gasteiger partial charge in [0.1, 0.15) is 0 Å². The van der Waals surface area contributed by atoms with Gasteiger partial charge in [-0.3, -0.25) is 0 Å². The number of hydrogen-bond donors (Lipinski definition) is 1. The van der Waals surface area contributed by atoms with E-state index in [9.17, 15) is 0 Å². The third kappa shape index (κ3) is 2.51. The van der Waals surface area contributed by atoms with Crippen LogP contribution in [0, 0.1) is 0 Å². The molecule has 1 fully saturated rings. The van der Waals surface area contributed by atoms with Gasteiger partial charge in [0.15, 0.2) is 0 Å². The van der Waals surface area contributed by atoms with E-state index in [1.165, 1.54) is 5.52 Å². The molecule has 2 heterocycles. The van der Waals surface area contributed by atoms with Crippen molar-refractivity contribution in [2.75, 3.05) is 31.2 Å². The Kier molecular flexibility index (Phi) is 3.89. The third-order valence-corrected chi connectivity index (χ3v) is 3.93. The van der Waals surface area contributed by atoms with Crippen LogP contribution in [0.4, 0.5) is 5.95 Å². The molecule has 0 radical (unpaired) electrons. The zero-order valence-electron chi connectivity index (χ0n) is 11.8. The van der Waals surface area contributed by atoms with Gasteiger partial charge in [-0.1, -0.05) is 12.1 Å². The Balaban J connectivity index is 1.72. The largest absolute Gasteiger partial charge is 0.394 e. The number of ether oxygens (including phenoxy) is 1. The first-order valence-corrected chi connectivity index (χ1v) is 7.18. The van der Waals surface area contributed by atoms with Crippen molar-refractivity contribution in [1.82, 2.24) is 9.55 Å². The van der Waals surface area contributed by atoms with Crippen molar-refractivity contribution in [2.45, 2.75) is 18.9 Å². The van der Waals surface area contributed by atoms with E-state index < -0.39 is 0 Å². The summed E-state index contributed by atoms with van der Waals surface area (Å²) in [5.74, 6) is 1.03. The van der Waals surface area contributed by atoms with Gasteiger partial charge in [-0.25, -0.2) is 4.98 Å². The van der Waals surface area contributed by atoms with Gasteiger partial charge in [0, 0.05) is 20.1 Å². The van der Waals surface area contributed by atoms with Crippen LogP contribution in [-0.4, -0.2) is 47.1 Å². The summed E-state index contributed by atoms with van der Waals surface area (Å²) in [5.41, 5.74) is 2.21. The average molecular weight is 275 g/mol. The number of rotatable bonds is 4. The Morgan fingerprint density at radius 3 is 2.75 bits per heavy atom. The van der Waals surface area contributed by atoms with Crippen LogP contribution in [0.2, 0.25) is 0 Å². The first-order valence-electron chi connectivity index (χ1n) is 7.18. The SMILES string of the molecule is Cn1c(N2CCC(OCCO)CC2)nc2ccccc21. The highest BCUT2D eigenvalue weighted by molar-refractivity contribution is 5.78. The Bertz CT molecular complexity index is 574. The number of benzene rings is 1.